The van der Waals surface area contributed by atoms with Gasteiger partial charge in [0.25, 0.3) is 11.8 Å². The largest absolute Gasteiger partial charge is 0.322 e. The van der Waals surface area contributed by atoms with E-state index >= 15 is 0 Å². The van der Waals surface area contributed by atoms with Gasteiger partial charge >= 0.3 is 0 Å². The number of rotatable bonds is 7. The Labute approximate surface area is 163 Å². The van der Waals surface area contributed by atoms with E-state index in [9.17, 15) is 9.59 Å². The molecule has 0 aliphatic heterocycles. The fraction of sp³-hybridized carbons (Fsp3) is 0.263. The van der Waals surface area contributed by atoms with Gasteiger partial charge in [0.05, 0.1) is 22.8 Å². The average molecular weight is 395 g/mol. The molecular weight excluding hydrogens is 373 g/mol. The number of halogens is 2. The summed E-state index contributed by atoms with van der Waals surface area (Å²) < 4.78 is 0. The summed E-state index contributed by atoms with van der Waals surface area (Å²) in [7, 11) is 1.78. The van der Waals surface area contributed by atoms with Crippen molar-refractivity contribution in [1.29, 1.82) is 0 Å². The zero-order chi connectivity index (χ0) is 19.1. The summed E-state index contributed by atoms with van der Waals surface area (Å²) in [6.45, 7) is 2.32. The smallest absolute Gasteiger partial charge is 0.279 e. The van der Waals surface area contributed by atoms with E-state index in [0.29, 0.717) is 15.7 Å². The van der Waals surface area contributed by atoms with Crippen molar-refractivity contribution < 1.29 is 14.5 Å². The van der Waals surface area contributed by atoms with E-state index in [1.807, 2.05) is 31.2 Å². The average Bonchev–Trinajstić information content (AvgIpc) is 2.58. The van der Waals surface area contributed by atoms with Gasteiger partial charge in [0.1, 0.15) is 0 Å². The van der Waals surface area contributed by atoms with Crippen molar-refractivity contribution in [1.82, 2.24) is 0 Å². The Balaban J connectivity index is 1.88. The van der Waals surface area contributed by atoms with Crippen molar-refractivity contribution in [2.24, 2.45) is 0 Å². The molecule has 5 nitrogen and oxygen atoms in total. The minimum atomic E-state index is -0.265. The van der Waals surface area contributed by atoms with E-state index in [0.717, 1.165) is 22.6 Å². The minimum absolute atomic E-state index is 0.115. The highest BCUT2D eigenvalue weighted by Gasteiger charge is 2.17. The van der Waals surface area contributed by atoms with Gasteiger partial charge in [-0.1, -0.05) is 54.4 Å². The maximum absolute atomic E-state index is 12.2. The molecule has 0 saturated carbocycles. The Bertz CT molecular complexity index is 776. The van der Waals surface area contributed by atoms with Crippen molar-refractivity contribution in [3.8, 4) is 0 Å². The number of hydrogen-bond acceptors (Lipinski definition) is 2. The Morgan fingerprint density at radius 1 is 0.923 bits per heavy atom. The van der Waals surface area contributed by atoms with E-state index in [1.165, 1.54) is 0 Å². The molecule has 0 bridgehead atoms. The number of quaternary nitrogens is 1. The summed E-state index contributed by atoms with van der Waals surface area (Å²) in [5.41, 5.74) is 2.26. The van der Waals surface area contributed by atoms with Crippen molar-refractivity contribution in [3.05, 3.63) is 58.1 Å². The molecule has 7 heteroatoms. The van der Waals surface area contributed by atoms with Gasteiger partial charge in [0, 0.05) is 5.69 Å². The van der Waals surface area contributed by atoms with Crippen LogP contribution in [0.1, 0.15) is 12.5 Å². The third-order valence-electron chi connectivity index (χ3n) is 3.82. The van der Waals surface area contributed by atoms with Crippen LogP contribution in [-0.2, 0) is 16.0 Å². The topological polar surface area (TPSA) is 62.6 Å². The van der Waals surface area contributed by atoms with Crippen LogP contribution < -0.4 is 15.5 Å². The van der Waals surface area contributed by atoms with Crippen molar-refractivity contribution in [3.63, 3.8) is 0 Å². The Morgan fingerprint density at radius 2 is 1.50 bits per heavy atom. The molecule has 0 aliphatic carbocycles. The number of benzene rings is 2. The lowest BCUT2D eigenvalue weighted by Crippen LogP contribution is -3.11. The van der Waals surface area contributed by atoms with Gasteiger partial charge in [0.15, 0.2) is 13.1 Å². The number of likely N-dealkylation sites (N-methyl/N-ethyl adjacent to an activating group) is 1. The molecule has 0 spiro atoms. The molecule has 138 valence electrons. The molecule has 0 fully saturated rings. The Kier molecular flexibility index (Phi) is 7.45. The Morgan fingerprint density at radius 3 is 2.12 bits per heavy atom. The zero-order valence-electron chi connectivity index (χ0n) is 14.7. The summed E-state index contributed by atoms with van der Waals surface area (Å²) >= 11 is 12.1. The van der Waals surface area contributed by atoms with Crippen LogP contribution in [0.25, 0.3) is 0 Å². The molecule has 3 N–H and O–H groups in total. The molecule has 26 heavy (non-hydrogen) atoms. The number of aryl methyl sites for hydroxylation is 1. The summed E-state index contributed by atoms with van der Waals surface area (Å²) in [4.78, 5) is 25.2. The first kappa shape index (κ1) is 20.2. The second-order valence-corrected chi connectivity index (χ2v) is 6.83. The first-order valence-corrected chi connectivity index (χ1v) is 9.09. The monoisotopic (exact) mass is 394 g/mol. The first-order valence-electron chi connectivity index (χ1n) is 8.33. The minimum Gasteiger partial charge on any atom is -0.322 e. The van der Waals surface area contributed by atoms with Gasteiger partial charge in [-0.2, -0.15) is 0 Å². The van der Waals surface area contributed by atoms with Crippen LogP contribution in [0.5, 0.6) is 0 Å². The Hall–Kier alpha value is -2.08. The molecule has 2 aromatic carbocycles. The number of nitrogens with one attached hydrogen (secondary N) is 3. The highest BCUT2D eigenvalue weighted by Crippen LogP contribution is 2.29. The summed E-state index contributed by atoms with van der Waals surface area (Å²) in [6.07, 6.45) is 0.833. The van der Waals surface area contributed by atoms with E-state index in [-0.39, 0.29) is 24.9 Å². The molecule has 0 radical (unpaired) electrons. The van der Waals surface area contributed by atoms with Crippen LogP contribution in [0.3, 0.4) is 0 Å². The van der Waals surface area contributed by atoms with Gasteiger partial charge in [-0.15, -0.1) is 0 Å². The predicted molar refractivity (Wildman–Crippen MR) is 106 cm³/mol. The molecule has 2 amide bonds. The maximum atomic E-state index is 12.2. The number of amides is 2. The normalized spacial score (nSPS) is 11.7. The van der Waals surface area contributed by atoms with Crippen molar-refractivity contribution >= 4 is 46.4 Å². The predicted octanol–water partition coefficient (Wildman–Crippen LogP) is 2.65. The van der Waals surface area contributed by atoms with E-state index in [1.54, 1.807) is 25.2 Å². The van der Waals surface area contributed by atoms with Crippen molar-refractivity contribution in [2.45, 2.75) is 13.3 Å². The second-order valence-electron chi connectivity index (χ2n) is 6.01. The molecule has 0 aromatic heterocycles. The summed E-state index contributed by atoms with van der Waals surface area (Å²) in [6, 6.07) is 12.7. The van der Waals surface area contributed by atoms with E-state index in [4.69, 9.17) is 23.2 Å². The van der Waals surface area contributed by atoms with E-state index < -0.39 is 0 Å². The fourth-order valence-electron chi connectivity index (χ4n) is 2.56. The molecule has 0 heterocycles. The number of para-hydroxylation sites is 2. The van der Waals surface area contributed by atoms with Gasteiger partial charge in [-0.05, 0) is 30.2 Å². The lowest BCUT2D eigenvalue weighted by atomic mass is 10.1. The second kappa shape index (κ2) is 9.57. The van der Waals surface area contributed by atoms with Gasteiger partial charge in [-0.25, -0.2) is 0 Å². The van der Waals surface area contributed by atoms with Crippen LogP contribution in [-0.4, -0.2) is 32.0 Å². The highest BCUT2D eigenvalue weighted by atomic mass is 35.5. The third kappa shape index (κ3) is 5.73. The van der Waals surface area contributed by atoms with Gasteiger partial charge < -0.3 is 15.5 Å². The van der Waals surface area contributed by atoms with Crippen LogP contribution in [0.15, 0.2) is 42.5 Å². The molecule has 0 saturated heterocycles. The molecule has 1 atom stereocenters. The molecule has 0 aliphatic rings. The maximum Gasteiger partial charge on any atom is 0.279 e. The summed E-state index contributed by atoms with van der Waals surface area (Å²) in [5.74, 6) is -0.411. The fourth-order valence-corrected chi connectivity index (χ4v) is 3.05. The van der Waals surface area contributed by atoms with Crippen LogP contribution in [0.4, 0.5) is 11.4 Å². The number of hydrogen-bond donors (Lipinski definition) is 3. The lowest BCUT2D eigenvalue weighted by molar-refractivity contribution is -0.862. The van der Waals surface area contributed by atoms with Crippen LogP contribution in [0, 0.1) is 0 Å². The van der Waals surface area contributed by atoms with Gasteiger partial charge in [0.2, 0.25) is 0 Å². The first-order chi connectivity index (χ1) is 12.4. The number of carbonyl (C=O) groups excluding carboxylic acids is 2. The summed E-state index contributed by atoms with van der Waals surface area (Å²) in [5, 5.41) is 6.34. The lowest BCUT2D eigenvalue weighted by Gasteiger charge is -2.15. The third-order valence-corrected chi connectivity index (χ3v) is 4.45. The molecular formula is C19H22Cl2N3O2+. The zero-order valence-corrected chi connectivity index (χ0v) is 16.2. The van der Waals surface area contributed by atoms with Gasteiger partial charge in [-0.3, -0.25) is 9.59 Å². The van der Waals surface area contributed by atoms with E-state index in [2.05, 4.69) is 10.6 Å². The SMILES string of the molecule is CCc1ccccc1NC(=O)C[NH+](C)CC(=O)Nc1c(Cl)cccc1Cl. The molecule has 1 unspecified atom stereocenters. The highest BCUT2D eigenvalue weighted by molar-refractivity contribution is 6.39. The molecule has 2 rings (SSSR count). The molecule has 2 aromatic rings. The van der Waals surface area contributed by atoms with Crippen LogP contribution >= 0.6 is 23.2 Å². The quantitative estimate of drug-likeness (QED) is 0.675. The van der Waals surface area contributed by atoms with Crippen LogP contribution in [0.2, 0.25) is 10.0 Å². The number of anilines is 2. The number of carbonyl (C=O) groups is 2. The standard InChI is InChI=1S/C19H21Cl2N3O2/c1-3-13-7-4-5-10-16(13)22-17(25)11-24(2)12-18(26)23-19-14(20)8-6-9-15(19)21/h4-10H,3,11-12H2,1-2H3,(H,22,25)(H,23,26)/p+1. The van der Waals surface area contributed by atoms with Crippen molar-refractivity contribution in [2.75, 3.05) is 30.8 Å².